The largest absolute Gasteiger partial charge is 0.493 e. The molecule has 3 heterocycles. The summed E-state index contributed by atoms with van der Waals surface area (Å²) in [5.74, 6) is 1.74. The molecule has 46 heavy (non-hydrogen) atoms. The SMILES string of the molecule is CN(C)CCn1c(-c2cncc(-c3cc4cc(OCc5ccccc5)ccc4[nH]3)c2)cc2cc(OCC3(C)C=CC=CC3)ccc21. The van der Waals surface area contributed by atoms with Crippen molar-refractivity contribution in [2.75, 3.05) is 27.2 Å². The molecule has 1 aliphatic rings. The normalized spacial score (nSPS) is 16.1. The van der Waals surface area contributed by atoms with Crippen LogP contribution in [0.2, 0.25) is 0 Å². The fourth-order valence-electron chi connectivity index (χ4n) is 6.07. The average molecular weight is 609 g/mol. The highest BCUT2D eigenvalue weighted by Crippen LogP contribution is 2.35. The second-order valence-electron chi connectivity index (χ2n) is 12.8. The molecular formula is C40H40N4O2. The smallest absolute Gasteiger partial charge is 0.120 e. The zero-order chi connectivity index (χ0) is 31.5. The first-order valence-electron chi connectivity index (χ1n) is 15.9. The fourth-order valence-corrected chi connectivity index (χ4v) is 6.07. The molecule has 7 rings (SSSR count). The zero-order valence-electron chi connectivity index (χ0n) is 26.7. The van der Waals surface area contributed by atoms with Crippen molar-refractivity contribution < 1.29 is 9.47 Å². The molecule has 1 unspecified atom stereocenters. The number of H-pyrrole nitrogens is 1. The van der Waals surface area contributed by atoms with E-state index >= 15 is 0 Å². The van der Waals surface area contributed by atoms with Crippen molar-refractivity contribution in [1.29, 1.82) is 0 Å². The van der Waals surface area contributed by atoms with E-state index in [1.165, 1.54) is 5.52 Å². The van der Waals surface area contributed by atoms with Crippen LogP contribution >= 0.6 is 0 Å². The van der Waals surface area contributed by atoms with E-state index in [-0.39, 0.29) is 5.41 Å². The van der Waals surface area contributed by atoms with Crippen LogP contribution < -0.4 is 9.47 Å². The Hall–Kier alpha value is -5.07. The van der Waals surface area contributed by atoms with Crippen molar-refractivity contribution in [2.45, 2.75) is 26.5 Å². The number of pyridine rings is 1. The van der Waals surface area contributed by atoms with Gasteiger partial charge >= 0.3 is 0 Å². The number of ether oxygens (including phenoxy) is 2. The number of hydrogen-bond donors (Lipinski definition) is 1. The van der Waals surface area contributed by atoms with Gasteiger partial charge in [0.05, 0.1) is 12.3 Å². The summed E-state index contributed by atoms with van der Waals surface area (Å²) < 4.78 is 14.8. The summed E-state index contributed by atoms with van der Waals surface area (Å²) in [6.07, 6.45) is 13.5. The number of nitrogens with zero attached hydrogens (tertiary/aromatic N) is 3. The number of rotatable bonds is 11. The minimum absolute atomic E-state index is 0.0119. The van der Waals surface area contributed by atoms with Gasteiger partial charge in [0, 0.05) is 69.5 Å². The van der Waals surface area contributed by atoms with Gasteiger partial charge in [-0.2, -0.15) is 0 Å². The van der Waals surface area contributed by atoms with Crippen molar-refractivity contribution in [1.82, 2.24) is 19.4 Å². The molecule has 0 radical (unpaired) electrons. The van der Waals surface area contributed by atoms with Gasteiger partial charge in [-0.1, -0.05) is 61.6 Å². The molecule has 1 N–H and O–H groups in total. The van der Waals surface area contributed by atoms with E-state index in [0.29, 0.717) is 13.2 Å². The Morgan fingerprint density at radius 2 is 1.65 bits per heavy atom. The minimum atomic E-state index is 0.0119. The minimum Gasteiger partial charge on any atom is -0.493 e. The number of nitrogens with one attached hydrogen (secondary N) is 1. The van der Waals surface area contributed by atoms with Gasteiger partial charge in [0.1, 0.15) is 18.1 Å². The summed E-state index contributed by atoms with van der Waals surface area (Å²) in [5, 5.41) is 2.27. The quantitative estimate of drug-likeness (QED) is 0.160. The third-order valence-corrected chi connectivity index (χ3v) is 8.73. The van der Waals surface area contributed by atoms with E-state index in [2.05, 4.69) is 120 Å². The number of benzene rings is 3. The Balaban J connectivity index is 1.17. The second-order valence-corrected chi connectivity index (χ2v) is 12.8. The Labute approximate surface area is 270 Å². The molecule has 1 atom stereocenters. The Morgan fingerprint density at radius 3 is 2.48 bits per heavy atom. The molecule has 6 aromatic rings. The van der Waals surface area contributed by atoms with Gasteiger partial charge in [-0.15, -0.1) is 0 Å². The zero-order valence-corrected chi connectivity index (χ0v) is 26.7. The van der Waals surface area contributed by atoms with E-state index in [9.17, 15) is 0 Å². The lowest BCUT2D eigenvalue weighted by atomic mass is 9.85. The summed E-state index contributed by atoms with van der Waals surface area (Å²) in [5.41, 5.74) is 7.70. The van der Waals surface area contributed by atoms with Gasteiger partial charge < -0.3 is 23.9 Å². The van der Waals surface area contributed by atoms with E-state index in [0.717, 1.165) is 75.4 Å². The number of aromatic nitrogens is 3. The van der Waals surface area contributed by atoms with Crippen molar-refractivity contribution in [2.24, 2.45) is 5.41 Å². The van der Waals surface area contributed by atoms with Crippen LogP contribution in [0.1, 0.15) is 18.9 Å². The van der Waals surface area contributed by atoms with E-state index in [4.69, 9.17) is 14.5 Å². The average Bonchev–Trinajstić information content (AvgIpc) is 3.67. The summed E-state index contributed by atoms with van der Waals surface area (Å²) in [6.45, 7) is 5.22. The Bertz CT molecular complexity index is 2040. The molecule has 3 aromatic heterocycles. The first-order chi connectivity index (χ1) is 22.4. The van der Waals surface area contributed by atoms with Crippen LogP contribution in [0.4, 0.5) is 0 Å². The topological polar surface area (TPSA) is 55.3 Å². The van der Waals surface area contributed by atoms with Crippen LogP contribution in [0, 0.1) is 5.41 Å². The number of allylic oxidation sites excluding steroid dienone is 3. The lowest BCUT2D eigenvalue weighted by Gasteiger charge is -2.26. The maximum atomic E-state index is 6.33. The fraction of sp³-hybridized carbons (Fsp3) is 0.225. The monoisotopic (exact) mass is 608 g/mol. The highest BCUT2D eigenvalue weighted by atomic mass is 16.5. The molecule has 1 aliphatic carbocycles. The van der Waals surface area contributed by atoms with E-state index in [1.807, 2.05) is 36.7 Å². The molecule has 232 valence electrons. The molecular weight excluding hydrogens is 568 g/mol. The van der Waals surface area contributed by atoms with Gasteiger partial charge in [-0.05, 0) is 80.7 Å². The molecule has 0 bridgehead atoms. The number of hydrogen-bond acceptors (Lipinski definition) is 4. The van der Waals surface area contributed by atoms with Crippen LogP contribution in [0.25, 0.3) is 44.3 Å². The van der Waals surface area contributed by atoms with Gasteiger partial charge in [0.2, 0.25) is 0 Å². The van der Waals surface area contributed by atoms with E-state index in [1.54, 1.807) is 0 Å². The molecule has 0 aliphatic heterocycles. The molecule has 6 nitrogen and oxygen atoms in total. The molecule has 0 fully saturated rings. The molecule has 0 saturated carbocycles. The predicted octanol–water partition coefficient (Wildman–Crippen LogP) is 8.89. The first-order valence-corrected chi connectivity index (χ1v) is 15.9. The van der Waals surface area contributed by atoms with Gasteiger partial charge in [0.25, 0.3) is 0 Å². The summed E-state index contributed by atoms with van der Waals surface area (Å²) >= 11 is 0. The molecule has 6 heteroatoms. The van der Waals surface area contributed by atoms with Crippen LogP contribution in [-0.4, -0.2) is 46.7 Å². The van der Waals surface area contributed by atoms with Crippen molar-refractivity contribution in [3.8, 4) is 34.0 Å². The Kier molecular flexibility index (Phi) is 8.20. The third kappa shape index (κ3) is 6.49. The molecule has 0 amide bonds. The summed E-state index contributed by atoms with van der Waals surface area (Å²) in [6, 6.07) is 29.6. The van der Waals surface area contributed by atoms with Gasteiger partial charge in [-0.3, -0.25) is 4.98 Å². The highest BCUT2D eigenvalue weighted by Gasteiger charge is 2.22. The number of fused-ring (bicyclic) bond motifs is 2. The van der Waals surface area contributed by atoms with Crippen LogP contribution in [-0.2, 0) is 13.2 Å². The standard InChI is InChI=1S/C40H40N4O2/c1-40(16-8-5-9-17-40)28-46-35-13-15-38-31(22-35)24-39(44(38)19-18-43(2)3)33-20-32(25-41-26-33)37-23-30-21-34(12-14-36(30)42-37)45-27-29-10-6-4-7-11-29/h4-16,20-26,42H,17-19,27-28H2,1-3H3. The van der Waals surface area contributed by atoms with Gasteiger partial charge in [0.15, 0.2) is 0 Å². The van der Waals surface area contributed by atoms with Crippen molar-refractivity contribution in [3.05, 3.63) is 127 Å². The molecule has 3 aromatic carbocycles. The first kappa shape index (κ1) is 29.6. The molecule has 0 spiro atoms. The van der Waals surface area contributed by atoms with Crippen molar-refractivity contribution >= 4 is 21.8 Å². The van der Waals surface area contributed by atoms with Crippen molar-refractivity contribution in [3.63, 3.8) is 0 Å². The lowest BCUT2D eigenvalue weighted by Crippen LogP contribution is -2.23. The summed E-state index contributed by atoms with van der Waals surface area (Å²) in [4.78, 5) is 10.5. The number of likely N-dealkylation sites (N-methyl/N-ethyl adjacent to an activating group) is 1. The maximum absolute atomic E-state index is 6.33. The van der Waals surface area contributed by atoms with E-state index < -0.39 is 0 Å². The van der Waals surface area contributed by atoms with Crippen LogP contribution in [0.15, 0.2) is 122 Å². The number of aromatic amines is 1. The highest BCUT2D eigenvalue weighted by molar-refractivity contribution is 5.90. The molecule has 0 saturated heterocycles. The van der Waals surface area contributed by atoms with Crippen LogP contribution in [0.5, 0.6) is 11.5 Å². The lowest BCUT2D eigenvalue weighted by molar-refractivity contribution is 0.207. The predicted molar refractivity (Wildman–Crippen MR) is 188 cm³/mol. The second kappa shape index (κ2) is 12.7. The third-order valence-electron chi connectivity index (χ3n) is 8.73. The summed E-state index contributed by atoms with van der Waals surface area (Å²) in [7, 11) is 4.23. The Morgan fingerprint density at radius 1 is 0.848 bits per heavy atom. The van der Waals surface area contributed by atoms with Crippen LogP contribution in [0.3, 0.4) is 0 Å². The maximum Gasteiger partial charge on any atom is 0.120 e. The van der Waals surface area contributed by atoms with Gasteiger partial charge in [-0.25, -0.2) is 0 Å².